The highest BCUT2D eigenvalue weighted by Gasteiger charge is 2.32. The van der Waals surface area contributed by atoms with Gasteiger partial charge < -0.3 is 24.8 Å². The van der Waals surface area contributed by atoms with Crippen LogP contribution in [0.15, 0.2) is 42.5 Å². The molecule has 2 aromatic carbocycles. The molecule has 0 aliphatic carbocycles. The number of nitrogens with one attached hydrogen (secondary N) is 1. The van der Waals surface area contributed by atoms with Gasteiger partial charge in [-0.1, -0.05) is 41.4 Å². The van der Waals surface area contributed by atoms with Gasteiger partial charge in [-0.05, 0) is 93.4 Å². The molecular formula is C31H40Cl2N4O3. The largest absolute Gasteiger partial charge is 0.489 e. The van der Waals surface area contributed by atoms with Gasteiger partial charge in [-0.3, -0.25) is 4.79 Å². The van der Waals surface area contributed by atoms with E-state index in [2.05, 4.69) is 23.3 Å². The van der Waals surface area contributed by atoms with Gasteiger partial charge >= 0.3 is 6.03 Å². The van der Waals surface area contributed by atoms with Crippen LogP contribution in [-0.4, -0.2) is 85.1 Å². The molecule has 3 saturated heterocycles. The van der Waals surface area contributed by atoms with Crippen LogP contribution in [0, 0.1) is 0 Å². The Bertz CT molecular complexity index is 1160. The summed E-state index contributed by atoms with van der Waals surface area (Å²) in [6, 6.07) is 12.7. The Balaban J connectivity index is 1.25. The first-order valence-corrected chi connectivity index (χ1v) is 15.3. The maximum atomic E-state index is 13.8. The molecule has 3 amide bonds. The molecule has 216 valence electrons. The third kappa shape index (κ3) is 7.42. The first kappa shape index (κ1) is 29.0. The zero-order chi connectivity index (χ0) is 28.1. The van der Waals surface area contributed by atoms with Crippen LogP contribution in [-0.2, 0) is 11.2 Å². The normalized spacial score (nSPS) is 21.3. The maximum absolute atomic E-state index is 13.8. The number of hydrogen-bond donors (Lipinski definition) is 1. The molecule has 3 heterocycles. The van der Waals surface area contributed by atoms with E-state index in [0.717, 1.165) is 76.0 Å². The van der Waals surface area contributed by atoms with Gasteiger partial charge in [0.15, 0.2) is 0 Å². The second-order valence-corrected chi connectivity index (χ2v) is 12.3. The molecule has 0 unspecified atom stereocenters. The third-order valence-corrected chi connectivity index (χ3v) is 8.93. The summed E-state index contributed by atoms with van der Waals surface area (Å²) >= 11 is 12.5. The molecule has 0 saturated carbocycles. The molecule has 5 rings (SSSR count). The maximum Gasteiger partial charge on any atom is 0.318 e. The number of halogens is 2. The van der Waals surface area contributed by atoms with Crippen molar-refractivity contribution in [3.63, 3.8) is 0 Å². The number of likely N-dealkylation sites (N-methyl/N-ethyl adjacent to an activating group) is 1. The number of likely N-dealkylation sites (tertiary alicyclic amines) is 3. The second-order valence-electron chi connectivity index (χ2n) is 11.5. The Morgan fingerprint density at radius 1 is 0.900 bits per heavy atom. The lowest BCUT2D eigenvalue weighted by Gasteiger charge is -2.36. The summed E-state index contributed by atoms with van der Waals surface area (Å²) in [5.41, 5.74) is 2.14. The van der Waals surface area contributed by atoms with Crippen LogP contribution in [0.2, 0.25) is 10.0 Å². The third-order valence-electron chi connectivity index (χ3n) is 8.44. The zero-order valence-electron chi connectivity index (χ0n) is 23.3. The van der Waals surface area contributed by atoms with Gasteiger partial charge in [-0.2, -0.15) is 0 Å². The van der Waals surface area contributed by atoms with Crippen LogP contribution in [0.3, 0.4) is 0 Å². The van der Waals surface area contributed by atoms with Crippen LogP contribution in [0.25, 0.3) is 0 Å². The Morgan fingerprint density at radius 3 is 2.30 bits per heavy atom. The number of ether oxygens (including phenoxy) is 1. The van der Waals surface area contributed by atoms with Gasteiger partial charge in [0.2, 0.25) is 5.91 Å². The van der Waals surface area contributed by atoms with Crippen molar-refractivity contribution >= 4 is 35.1 Å². The average molecular weight is 588 g/mol. The van der Waals surface area contributed by atoms with Gasteiger partial charge in [0, 0.05) is 49.2 Å². The molecular weight excluding hydrogens is 547 g/mol. The number of nitrogens with zero attached hydrogens (tertiary/aromatic N) is 3. The lowest BCUT2D eigenvalue weighted by atomic mass is 9.88. The lowest BCUT2D eigenvalue weighted by Crippen LogP contribution is -2.54. The molecule has 2 aromatic rings. The van der Waals surface area contributed by atoms with Crippen LogP contribution in [0.5, 0.6) is 5.75 Å². The quantitative estimate of drug-likeness (QED) is 0.459. The molecule has 3 fully saturated rings. The minimum atomic E-state index is -0.622. The van der Waals surface area contributed by atoms with Gasteiger partial charge in [0.05, 0.1) is 0 Å². The van der Waals surface area contributed by atoms with E-state index in [-0.39, 0.29) is 24.0 Å². The highest BCUT2D eigenvalue weighted by atomic mass is 35.5. The lowest BCUT2D eigenvalue weighted by molar-refractivity contribution is -0.134. The Hall–Kier alpha value is -2.48. The summed E-state index contributed by atoms with van der Waals surface area (Å²) in [6.07, 6.45) is 6.44. The number of urea groups is 1. The highest BCUT2D eigenvalue weighted by molar-refractivity contribution is 6.31. The molecule has 0 spiro atoms. The van der Waals surface area contributed by atoms with Crippen LogP contribution >= 0.6 is 23.2 Å². The van der Waals surface area contributed by atoms with E-state index in [1.54, 1.807) is 4.90 Å². The Morgan fingerprint density at radius 2 is 1.60 bits per heavy atom. The smallest absolute Gasteiger partial charge is 0.318 e. The molecule has 2 atom stereocenters. The number of benzene rings is 2. The molecule has 7 nitrogen and oxygen atoms in total. The first-order chi connectivity index (χ1) is 19.4. The minimum Gasteiger partial charge on any atom is -0.489 e. The first-order valence-electron chi connectivity index (χ1n) is 14.6. The van der Waals surface area contributed by atoms with Crippen molar-refractivity contribution in [2.45, 2.75) is 63.0 Å². The summed E-state index contributed by atoms with van der Waals surface area (Å²) < 4.78 is 6.50. The van der Waals surface area contributed by atoms with Gasteiger partial charge in [0.1, 0.15) is 17.9 Å². The van der Waals surface area contributed by atoms with Gasteiger partial charge in [-0.25, -0.2) is 4.79 Å². The average Bonchev–Trinajstić information content (AvgIpc) is 3.49. The number of carbonyl (C=O) groups is 2. The molecule has 3 aliphatic rings. The van der Waals surface area contributed by atoms with E-state index in [1.807, 2.05) is 41.3 Å². The molecule has 9 heteroatoms. The Kier molecular flexibility index (Phi) is 9.76. The molecule has 0 aromatic heterocycles. The molecule has 1 N–H and O–H groups in total. The van der Waals surface area contributed by atoms with E-state index >= 15 is 0 Å². The summed E-state index contributed by atoms with van der Waals surface area (Å²) in [4.78, 5) is 32.8. The van der Waals surface area contributed by atoms with Gasteiger partial charge in [-0.15, -0.1) is 0 Å². The SMILES string of the molecule is CN1CCC[C@H](Oc2cc(Cl)ccc2C2CCN(C(=O)[C@@H](Cc3ccc(Cl)cc3)NC(=O)N3CCCC3)CC2)C1. The molecule has 40 heavy (non-hydrogen) atoms. The highest BCUT2D eigenvalue weighted by Crippen LogP contribution is 2.37. The van der Waals surface area contributed by atoms with Crippen LogP contribution < -0.4 is 10.1 Å². The summed E-state index contributed by atoms with van der Waals surface area (Å²) in [5.74, 6) is 1.13. The number of rotatable bonds is 7. The van der Waals surface area contributed by atoms with Crippen molar-refractivity contribution in [2.24, 2.45) is 0 Å². The predicted octanol–water partition coefficient (Wildman–Crippen LogP) is 5.59. The fourth-order valence-electron chi connectivity index (χ4n) is 6.19. The standard InChI is InChI=1S/C31H40Cl2N4O3/c1-35-14-4-5-26(21-35)40-29-20-25(33)10-11-27(29)23-12-17-36(18-13-23)30(38)28(19-22-6-8-24(32)9-7-22)34-31(39)37-15-2-3-16-37/h6-11,20,23,26,28H,2-5,12-19,21H2,1H3,(H,34,39)/t26-,28+/m0/s1. The van der Waals surface area contributed by atoms with Gasteiger partial charge in [0.25, 0.3) is 0 Å². The van der Waals surface area contributed by atoms with Crippen molar-refractivity contribution < 1.29 is 14.3 Å². The number of carbonyl (C=O) groups excluding carboxylic acids is 2. The van der Waals surface area contributed by atoms with Crippen molar-refractivity contribution in [2.75, 3.05) is 46.3 Å². The van der Waals surface area contributed by atoms with Crippen LogP contribution in [0.4, 0.5) is 4.79 Å². The number of amides is 3. The van der Waals surface area contributed by atoms with E-state index < -0.39 is 6.04 Å². The summed E-state index contributed by atoms with van der Waals surface area (Å²) in [7, 11) is 2.13. The van der Waals surface area contributed by atoms with E-state index in [1.165, 1.54) is 5.56 Å². The molecule has 0 bridgehead atoms. The van der Waals surface area contributed by atoms with Crippen molar-refractivity contribution in [1.82, 2.24) is 20.0 Å². The second kappa shape index (κ2) is 13.5. The van der Waals surface area contributed by atoms with Crippen molar-refractivity contribution in [3.05, 3.63) is 63.6 Å². The minimum absolute atomic E-state index is 0.0289. The molecule has 0 radical (unpaired) electrons. The molecule has 3 aliphatic heterocycles. The summed E-state index contributed by atoms with van der Waals surface area (Å²) in [5, 5.41) is 4.37. The van der Waals surface area contributed by atoms with E-state index in [4.69, 9.17) is 27.9 Å². The fourth-order valence-corrected chi connectivity index (χ4v) is 6.48. The topological polar surface area (TPSA) is 65.1 Å². The van der Waals surface area contributed by atoms with Crippen LogP contribution in [0.1, 0.15) is 55.6 Å². The summed E-state index contributed by atoms with van der Waals surface area (Å²) in [6.45, 7) is 4.76. The van der Waals surface area contributed by atoms with E-state index in [0.29, 0.717) is 29.6 Å². The predicted molar refractivity (Wildman–Crippen MR) is 159 cm³/mol. The number of piperidine rings is 2. The number of hydrogen-bond acceptors (Lipinski definition) is 4. The fraction of sp³-hybridized carbons (Fsp3) is 0.548. The van der Waals surface area contributed by atoms with Crippen molar-refractivity contribution in [1.29, 1.82) is 0 Å². The van der Waals surface area contributed by atoms with E-state index in [9.17, 15) is 9.59 Å². The van der Waals surface area contributed by atoms with Crippen molar-refractivity contribution in [3.8, 4) is 5.75 Å². The Labute approximate surface area is 247 Å². The monoisotopic (exact) mass is 586 g/mol. The zero-order valence-corrected chi connectivity index (χ0v) is 24.8.